The Hall–Kier alpha value is -2.12. The molecular formula is C13H13ClFN5O3. The van der Waals surface area contributed by atoms with Gasteiger partial charge in [0, 0.05) is 5.38 Å². The number of hydrogen-bond donors (Lipinski definition) is 4. The second-order valence-electron chi connectivity index (χ2n) is 5.07. The lowest BCUT2D eigenvalue weighted by Gasteiger charge is -2.25. The van der Waals surface area contributed by atoms with Crippen LogP contribution in [0.15, 0.2) is 17.9 Å². The van der Waals surface area contributed by atoms with Crippen LogP contribution in [-0.2, 0) is 4.74 Å². The number of fused-ring (bicyclic) bond motifs is 1. The molecule has 2 unspecified atom stereocenters. The molecule has 4 atom stereocenters. The second kappa shape index (κ2) is 5.50. The highest BCUT2D eigenvalue weighted by Crippen LogP contribution is 2.44. The van der Waals surface area contributed by atoms with E-state index in [4.69, 9.17) is 22.1 Å². The highest BCUT2D eigenvalue weighted by atomic mass is 35.5. The van der Waals surface area contributed by atoms with Crippen molar-refractivity contribution in [3.8, 4) is 11.3 Å². The molecule has 0 aliphatic carbocycles. The molecule has 0 aromatic carbocycles. The summed E-state index contributed by atoms with van der Waals surface area (Å²) in [4.78, 5) is 8.14. The van der Waals surface area contributed by atoms with Gasteiger partial charge in [-0.25, -0.2) is 9.37 Å². The summed E-state index contributed by atoms with van der Waals surface area (Å²) in [5.41, 5.74) is 3.82. The Morgan fingerprint density at radius 2 is 2.39 bits per heavy atom. The van der Waals surface area contributed by atoms with Gasteiger partial charge in [0.15, 0.2) is 18.0 Å². The molecule has 122 valence electrons. The molecule has 1 aromatic heterocycles. The maximum absolute atomic E-state index is 15.2. The summed E-state index contributed by atoms with van der Waals surface area (Å²) in [5, 5.41) is 23.9. The van der Waals surface area contributed by atoms with Gasteiger partial charge in [-0.1, -0.05) is 6.58 Å². The SMILES string of the molecule is C=C1NC(N)=Nc2c1ncn2[C@@H]1OC(CO)C(O)[C@]1(F)C#CCl. The van der Waals surface area contributed by atoms with Crippen molar-refractivity contribution in [1.82, 2.24) is 14.9 Å². The van der Waals surface area contributed by atoms with Crippen molar-refractivity contribution in [1.29, 1.82) is 0 Å². The number of halogens is 2. The van der Waals surface area contributed by atoms with Gasteiger partial charge in [-0.05, 0) is 17.5 Å². The van der Waals surface area contributed by atoms with Crippen molar-refractivity contribution in [2.45, 2.75) is 24.1 Å². The molecule has 0 saturated carbocycles. The Bertz CT molecular complexity index is 755. The van der Waals surface area contributed by atoms with Crippen molar-refractivity contribution in [2.24, 2.45) is 10.7 Å². The number of rotatable bonds is 2. The number of imidazole rings is 1. The molecule has 10 heteroatoms. The predicted molar refractivity (Wildman–Crippen MR) is 80.1 cm³/mol. The summed E-state index contributed by atoms with van der Waals surface area (Å²) in [6.45, 7) is 3.15. The molecule has 2 aliphatic heterocycles. The number of hydrogen-bond acceptors (Lipinski definition) is 7. The van der Waals surface area contributed by atoms with E-state index in [1.165, 1.54) is 10.9 Å². The number of aliphatic hydroxyl groups is 2. The van der Waals surface area contributed by atoms with Crippen LogP contribution in [0.3, 0.4) is 0 Å². The summed E-state index contributed by atoms with van der Waals surface area (Å²) in [5.74, 6) is 2.34. The van der Waals surface area contributed by atoms with E-state index in [-0.39, 0.29) is 11.8 Å². The van der Waals surface area contributed by atoms with E-state index in [1.54, 1.807) is 0 Å². The van der Waals surface area contributed by atoms with Crippen LogP contribution in [0.4, 0.5) is 10.2 Å². The fraction of sp³-hybridized carbons (Fsp3) is 0.385. The minimum absolute atomic E-state index is 0.0504. The molecule has 3 heterocycles. The standard InChI is InChI=1S/C13H13ClFN5O3/c1-6-8-10(19-12(16)18-6)20(5-17-8)11-13(15,2-3-14)9(22)7(4-21)23-11/h5,7,9,11,21-22H,1,4H2,(H3,16,18,19)/t7?,9?,11-,13-/m1/s1. The van der Waals surface area contributed by atoms with E-state index in [0.717, 1.165) is 0 Å². The Morgan fingerprint density at radius 3 is 3.04 bits per heavy atom. The van der Waals surface area contributed by atoms with Crippen LogP contribution in [0.1, 0.15) is 11.9 Å². The van der Waals surface area contributed by atoms with E-state index in [9.17, 15) is 10.2 Å². The van der Waals surface area contributed by atoms with Gasteiger partial charge < -0.3 is 26.0 Å². The molecule has 5 N–H and O–H groups in total. The largest absolute Gasteiger partial charge is 0.394 e. The van der Waals surface area contributed by atoms with E-state index in [0.29, 0.717) is 11.4 Å². The third-order valence-electron chi connectivity index (χ3n) is 3.68. The molecule has 0 amide bonds. The zero-order valence-corrected chi connectivity index (χ0v) is 12.5. The van der Waals surface area contributed by atoms with Gasteiger partial charge in [0.05, 0.1) is 18.6 Å². The van der Waals surface area contributed by atoms with Gasteiger partial charge in [-0.2, -0.15) is 4.99 Å². The normalized spacial score (nSPS) is 32.6. The van der Waals surface area contributed by atoms with Crippen LogP contribution >= 0.6 is 11.6 Å². The molecule has 8 nitrogen and oxygen atoms in total. The van der Waals surface area contributed by atoms with Crippen molar-refractivity contribution in [2.75, 3.05) is 6.61 Å². The first-order valence-corrected chi connectivity index (χ1v) is 6.93. The smallest absolute Gasteiger partial charge is 0.244 e. The van der Waals surface area contributed by atoms with Crippen molar-refractivity contribution in [3.63, 3.8) is 0 Å². The highest BCUT2D eigenvalue weighted by molar-refractivity contribution is 6.30. The number of nitrogens with zero attached hydrogens (tertiary/aromatic N) is 3. The Morgan fingerprint density at radius 1 is 1.65 bits per heavy atom. The van der Waals surface area contributed by atoms with Gasteiger partial charge >= 0.3 is 0 Å². The number of aromatic nitrogens is 2. The lowest BCUT2D eigenvalue weighted by atomic mass is 9.97. The first-order chi connectivity index (χ1) is 10.9. The van der Waals surface area contributed by atoms with Crippen molar-refractivity contribution in [3.05, 3.63) is 18.6 Å². The summed E-state index contributed by atoms with van der Waals surface area (Å²) in [7, 11) is 0. The van der Waals surface area contributed by atoms with Crippen molar-refractivity contribution >= 4 is 29.1 Å². The summed E-state index contributed by atoms with van der Waals surface area (Å²) < 4.78 is 21.9. The molecule has 2 aliphatic rings. The van der Waals surface area contributed by atoms with E-state index >= 15 is 4.39 Å². The van der Waals surface area contributed by atoms with Crippen LogP contribution in [0.2, 0.25) is 0 Å². The number of alkyl halides is 1. The topological polar surface area (TPSA) is 118 Å². The highest BCUT2D eigenvalue weighted by Gasteiger charge is 2.58. The second-order valence-corrected chi connectivity index (χ2v) is 5.26. The Kier molecular flexibility index (Phi) is 3.77. The van der Waals surface area contributed by atoms with Gasteiger partial charge in [0.25, 0.3) is 0 Å². The van der Waals surface area contributed by atoms with E-state index < -0.39 is 30.7 Å². The number of aliphatic imine (C=N–C) groups is 1. The number of guanidine groups is 1. The van der Waals surface area contributed by atoms with E-state index in [1.807, 2.05) is 5.38 Å². The summed E-state index contributed by atoms with van der Waals surface area (Å²) >= 11 is 5.32. The number of nitrogens with one attached hydrogen (secondary N) is 1. The minimum atomic E-state index is -2.56. The number of aliphatic hydroxyl groups excluding tert-OH is 2. The molecule has 1 fully saturated rings. The molecule has 1 aromatic rings. The van der Waals surface area contributed by atoms with Gasteiger partial charge in [-0.15, -0.1) is 0 Å². The lowest BCUT2D eigenvalue weighted by molar-refractivity contribution is -0.0513. The van der Waals surface area contributed by atoms with Crippen LogP contribution in [0, 0.1) is 11.3 Å². The maximum atomic E-state index is 15.2. The number of ether oxygens (including phenoxy) is 1. The summed E-state index contributed by atoms with van der Waals surface area (Å²) in [6, 6.07) is 0. The Labute approximate surface area is 135 Å². The molecule has 0 bridgehead atoms. The average molecular weight is 342 g/mol. The van der Waals surface area contributed by atoms with Crippen LogP contribution in [-0.4, -0.2) is 50.2 Å². The van der Waals surface area contributed by atoms with Crippen LogP contribution in [0.5, 0.6) is 0 Å². The summed E-state index contributed by atoms with van der Waals surface area (Å²) in [6.07, 6.45) is -3.03. The fourth-order valence-electron chi connectivity index (χ4n) is 2.58. The van der Waals surface area contributed by atoms with E-state index in [2.05, 4.69) is 27.8 Å². The maximum Gasteiger partial charge on any atom is 0.244 e. The average Bonchev–Trinajstić information content (AvgIpc) is 3.01. The molecular weight excluding hydrogens is 329 g/mol. The third-order valence-corrected chi connectivity index (χ3v) is 3.77. The van der Waals surface area contributed by atoms with Gasteiger partial charge in [0.2, 0.25) is 5.67 Å². The first kappa shape index (κ1) is 15.8. The molecule has 23 heavy (non-hydrogen) atoms. The van der Waals surface area contributed by atoms with Crippen LogP contribution < -0.4 is 11.1 Å². The number of nitrogens with two attached hydrogens (primary N) is 1. The zero-order chi connectivity index (χ0) is 16.8. The monoisotopic (exact) mass is 341 g/mol. The molecule has 0 spiro atoms. The fourth-order valence-corrected chi connectivity index (χ4v) is 2.73. The van der Waals surface area contributed by atoms with Crippen LogP contribution in [0.25, 0.3) is 5.70 Å². The molecule has 3 rings (SSSR count). The first-order valence-electron chi connectivity index (χ1n) is 6.55. The van der Waals surface area contributed by atoms with Crippen molar-refractivity contribution < 1.29 is 19.3 Å². The van der Waals surface area contributed by atoms with Gasteiger partial charge in [0.1, 0.15) is 17.9 Å². The Balaban J connectivity index is 2.11. The van der Waals surface area contributed by atoms with Gasteiger partial charge in [-0.3, -0.25) is 4.57 Å². The third kappa shape index (κ3) is 2.27. The quantitative estimate of drug-likeness (QED) is 0.542. The molecule has 1 saturated heterocycles. The predicted octanol–water partition coefficient (Wildman–Crippen LogP) is -0.438. The minimum Gasteiger partial charge on any atom is -0.394 e. The lowest BCUT2D eigenvalue weighted by Crippen LogP contribution is -2.42. The zero-order valence-electron chi connectivity index (χ0n) is 11.7. The molecule has 0 radical (unpaired) electrons.